The van der Waals surface area contributed by atoms with E-state index in [-0.39, 0.29) is 16.8 Å². The molecule has 10 heteroatoms. The lowest BCUT2D eigenvalue weighted by molar-refractivity contribution is -0.385. The standard InChI is InChI=1S/C23H26N4O5S/c1-11(2)10-33-22-25-20-19(21(30)26-22)17(12-5-6-15(28)14(7-12)27(31)32)18-13(24-20)8-23(3,4)9-16(18)29/h5-7,11,17,28H,8-10H2,1-4H3,(H2,24,25,26,30). The molecule has 0 spiro atoms. The third-order valence-electron chi connectivity index (χ3n) is 5.78. The largest absolute Gasteiger partial charge is 0.502 e. The first-order valence-electron chi connectivity index (χ1n) is 10.7. The number of phenols is 1. The smallest absolute Gasteiger partial charge is 0.310 e. The first kappa shape index (κ1) is 23.0. The molecule has 174 valence electrons. The molecule has 1 aliphatic heterocycles. The third kappa shape index (κ3) is 4.39. The molecular weight excluding hydrogens is 444 g/mol. The summed E-state index contributed by atoms with van der Waals surface area (Å²) in [5, 5.41) is 25.1. The number of phenolic OH excluding ortho intramolecular Hbond substituents is 1. The fourth-order valence-corrected chi connectivity index (χ4v) is 5.22. The number of aromatic nitrogens is 2. The highest BCUT2D eigenvalue weighted by molar-refractivity contribution is 7.99. The van der Waals surface area contributed by atoms with E-state index in [4.69, 9.17) is 0 Å². The minimum absolute atomic E-state index is 0.113. The zero-order chi connectivity index (χ0) is 24.1. The number of fused-ring (bicyclic) bond motifs is 1. The minimum atomic E-state index is -0.820. The average molecular weight is 471 g/mol. The molecule has 2 aliphatic rings. The maximum atomic E-state index is 13.3. The lowest BCUT2D eigenvalue weighted by atomic mass is 9.69. The Kier molecular flexibility index (Phi) is 5.81. The maximum Gasteiger partial charge on any atom is 0.310 e. The van der Waals surface area contributed by atoms with Gasteiger partial charge in [0.05, 0.1) is 10.5 Å². The van der Waals surface area contributed by atoms with Crippen molar-refractivity contribution >= 4 is 29.1 Å². The molecule has 1 atom stereocenters. The van der Waals surface area contributed by atoms with Crippen LogP contribution in [0.15, 0.2) is 39.4 Å². The topological polar surface area (TPSA) is 138 Å². The predicted molar refractivity (Wildman–Crippen MR) is 126 cm³/mol. The lowest BCUT2D eigenvalue weighted by Crippen LogP contribution is -2.37. The van der Waals surface area contributed by atoms with Crippen LogP contribution in [0.4, 0.5) is 11.5 Å². The van der Waals surface area contributed by atoms with Crippen molar-refractivity contribution in [3.63, 3.8) is 0 Å². The number of ketones is 1. The molecule has 0 saturated carbocycles. The number of nitrogens with one attached hydrogen (secondary N) is 2. The Labute approximate surface area is 194 Å². The number of aromatic amines is 1. The molecular formula is C23H26N4O5S. The second-order valence-corrected chi connectivity index (χ2v) is 10.7. The first-order chi connectivity index (χ1) is 15.5. The fraction of sp³-hybridized carbons (Fsp3) is 0.435. The maximum absolute atomic E-state index is 13.3. The van der Waals surface area contributed by atoms with E-state index in [0.717, 1.165) is 5.75 Å². The molecule has 9 nitrogen and oxygen atoms in total. The average Bonchev–Trinajstić information content (AvgIpc) is 2.70. The Morgan fingerprint density at radius 1 is 1.30 bits per heavy atom. The van der Waals surface area contributed by atoms with Crippen LogP contribution < -0.4 is 10.9 Å². The van der Waals surface area contributed by atoms with Crippen LogP contribution in [0.5, 0.6) is 5.75 Å². The summed E-state index contributed by atoms with van der Waals surface area (Å²) in [6.45, 7) is 8.15. The number of H-pyrrole nitrogens is 1. The molecule has 3 N–H and O–H groups in total. The minimum Gasteiger partial charge on any atom is -0.502 e. The number of anilines is 1. The van der Waals surface area contributed by atoms with Gasteiger partial charge in [0.15, 0.2) is 16.7 Å². The van der Waals surface area contributed by atoms with Gasteiger partial charge in [-0.3, -0.25) is 19.7 Å². The monoisotopic (exact) mass is 470 g/mol. The third-order valence-corrected chi connectivity index (χ3v) is 7.08. The van der Waals surface area contributed by atoms with E-state index in [1.165, 1.54) is 30.0 Å². The molecule has 0 radical (unpaired) electrons. The molecule has 1 aliphatic carbocycles. The van der Waals surface area contributed by atoms with Gasteiger partial charge in [0, 0.05) is 35.4 Å². The van der Waals surface area contributed by atoms with Crippen LogP contribution in [0.3, 0.4) is 0 Å². The van der Waals surface area contributed by atoms with Crippen LogP contribution in [-0.4, -0.2) is 31.5 Å². The van der Waals surface area contributed by atoms with Crippen LogP contribution in [0.2, 0.25) is 0 Å². The van der Waals surface area contributed by atoms with Gasteiger partial charge < -0.3 is 15.4 Å². The number of allylic oxidation sites excluding steroid dienone is 2. The van der Waals surface area contributed by atoms with Crippen molar-refractivity contribution in [3.8, 4) is 5.75 Å². The van der Waals surface area contributed by atoms with E-state index < -0.39 is 27.8 Å². The highest BCUT2D eigenvalue weighted by Crippen LogP contribution is 2.48. The zero-order valence-corrected chi connectivity index (χ0v) is 19.7. The summed E-state index contributed by atoms with van der Waals surface area (Å²) in [6.07, 6.45) is 0.875. The number of carbonyl (C=O) groups excluding carboxylic acids is 1. The molecule has 33 heavy (non-hydrogen) atoms. The summed E-state index contributed by atoms with van der Waals surface area (Å²) in [5.74, 6) is 0.123. The van der Waals surface area contributed by atoms with Gasteiger partial charge in [0.25, 0.3) is 5.56 Å². The first-order valence-corrected chi connectivity index (χ1v) is 11.7. The van der Waals surface area contributed by atoms with Crippen LogP contribution in [0.25, 0.3) is 0 Å². The van der Waals surface area contributed by atoms with Crippen molar-refractivity contribution in [2.75, 3.05) is 11.1 Å². The van der Waals surface area contributed by atoms with Gasteiger partial charge in [0.1, 0.15) is 5.82 Å². The van der Waals surface area contributed by atoms with Crippen LogP contribution in [0, 0.1) is 21.4 Å². The highest BCUT2D eigenvalue weighted by atomic mass is 32.2. The Hall–Kier alpha value is -3.14. The molecule has 0 saturated heterocycles. The fourth-order valence-electron chi connectivity index (χ4n) is 4.41. The zero-order valence-electron chi connectivity index (χ0n) is 18.9. The number of rotatable bonds is 5. The summed E-state index contributed by atoms with van der Waals surface area (Å²) >= 11 is 1.44. The second kappa shape index (κ2) is 8.33. The molecule has 2 aromatic rings. The van der Waals surface area contributed by atoms with E-state index in [1.807, 2.05) is 13.8 Å². The number of benzene rings is 1. The van der Waals surface area contributed by atoms with Crippen molar-refractivity contribution in [3.05, 3.63) is 61.1 Å². The molecule has 2 heterocycles. The molecule has 1 aromatic carbocycles. The van der Waals surface area contributed by atoms with Crippen molar-refractivity contribution in [1.29, 1.82) is 0 Å². The van der Waals surface area contributed by atoms with Gasteiger partial charge in [0.2, 0.25) is 0 Å². The second-order valence-electron chi connectivity index (χ2n) is 9.73. The van der Waals surface area contributed by atoms with E-state index in [0.29, 0.717) is 46.6 Å². The normalized spacial score (nSPS) is 19.2. The summed E-state index contributed by atoms with van der Waals surface area (Å²) in [7, 11) is 0. The van der Waals surface area contributed by atoms with Crippen LogP contribution in [-0.2, 0) is 4.79 Å². The highest BCUT2D eigenvalue weighted by Gasteiger charge is 2.42. The molecule has 4 rings (SSSR count). The summed E-state index contributed by atoms with van der Waals surface area (Å²) in [4.78, 5) is 44.7. The van der Waals surface area contributed by atoms with Gasteiger partial charge in [-0.25, -0.2) is 4.98 Å². The van der Waals surface area contributed by atoms with E-state index in [9.17, 15) is 24.8 Å². The van der Waals surface area contributed by atoms with E-state index >= 15 is 0 Å². The van der Waals surface area contributed by atoms with Gasteiger partial charge in [-0.2, -0.15) is 0 Å². The number of nitro benzene ring substituents is 1. The summed E-state index contributed by atoms with van der Waals surface area (Å²) in [5.41, 5.74) is 0.588. The van der Waals surface area contributed by atoms with Gasteiger partial charge >= 0.3 is 5.69 Å². The van der Waals surface area contributed by atoms with E-state index in [1.54, 1.807) is 0 Å². The van der Waals surface area contributed by atoms with Gasteiger partial charge in [-0.05, 0) is 29.4 Å². The number of carbonyl (C=O) groups is 1. The number of hydrogen-bond acceptors (Lipinski definition) is 8. The Bertz CT molecular complexity index is 1250. The van der Waals surface area contributed by atoms with Crippen LogP contribution in [0.1, 0.15) is 57.6 Å². The predicted octanol–water partition coefficient (Wildman–Crippen LogP) is 4.33. The molecule has 1 unspecified atom stereocenters. The Morgan fingerprint density at radius 3 is 2.70 bits per heavy atom. The summed E-state index contributed by atoms with van der Waals surface area (Å²) in [6, 6.07) is 3.97. The molecule has 0 bridgehead atoms. The van der Waals surface area contributed by atoms with Crippen LogP contribution >= 0.6 is 11.8 Å². The summed E-state index contributed by atoms with van der Waals surface area (Å²) < 4.78 is 0. The number of Topliss-reactive ketones (excluding diaryl/α,β-unsaturated/α-hetero) is 1. The van der Waals surface area contributed by atoms with Crippen molar-refractivity contribution in [1.82, 2.24) is 9.97 Å². The van der Waals surface area contributed by atoms with Crippen molar-refractivity contribution in [2.24, 2.45) is 11.3 Å². The van der Waals surface area contributed by atoms with E-state index in [2.05, 4.69) is 29.1 Å². The number of thioether (sulfide) groups is 1. The SMILES string of the molecule is CC(C)CSc1nc2c(c(=O)[nH]1)C(c1ccc(O)c([N+](=O)[O-])c1)C1=C(CC(C)(C)CC1=O)N2. The molecule has 0 fully saturated rings. The number of nitrogens with zero attached hydrogens (tertiary/aromatic N) is 2. The van der Waals surface area contributed by atoms with Gasteiger partial charge in [-0.15, -0.1) is 0 Å². The van der Waals surface area contributed by atoms with Crippen molar-refractivity contribution < 1.29 is 14.8 Å². The number of nitro groups is 1. The molecule has 0 amide bonds. The Morgan fingerprint density at radius 2 is 2.03 bits per heavy atom. The number of aromatic hydroxyl groups is 1. The molecule has 1 aromatic heterocycles. The lowest BCUT2D eigenvalue weighted by Gasteiger charge is -2.38. The van der Waals surface area contributed by atoms with Gasteiger partial charge in [-0.1, -0.05) is 45.5 Å². The number of hydrogen-bond donors (Lipinski definition) is 3. The quantitative estimate of drug-likeness (QED) is 0.254. The Balaban J connectivity index is 1.93. The van der Waals surface area contributed by atoms with Crippen molar-refractivity contribution in [2.45, 2.75) is 51.6 Å².